The van der Waals surface area contributed by atoms with Gasteiger partial charge in [0.15, 0.2) is 0 Å². The molecule has 1 aliphatic rings. The van der Waals surface area contributed by atoms with Crippen LogP contribution in [0.4, 0.5) is 11.4 Å². The van der Waals surface area contributed by atoms with Crippen LogP contribution in [-0.2, 0) is 0 Å². The maximum atomic E-state index is 12.1. The van der Waals surface area contributed by atoms with Gasteiger partial charge in [0.25, 0.3) is 5.91 Å². The fraction of sp³-hybridized carbons (Fsp3) is 0.429. The average molecular weight is 383 g/mol. The first-order valence-corrected chi connectivity index (χ1v) is 9.60. The zero-order valence-electron chi connectivity index (χ0n) is 16.9. The van der Waals surface area contributed by atoms with Gasteiger partial charge in [-0.05, 0) is 38.4 Å². The molecule has 28 heavy (non-hydrogen) atoms. The van der Waals surface area contributed by atoms with Gasteiger partial charge < -0.3 is 24.8 Å². The number of anilines is 2. The molecule has 2 aromatic rings. The molecular formula is C21H29N5O2. The maximum absolute atomic E-state index is 12.1. The number of methoxy groups -OCH3 is 1. The molecule has 0 bridgehead atoms. The minimum absolute atomic E-state index is 0.130. The highest BCUT2D eigenvalue weighted by Gasteiger charge is 2.20. The molecule has 1 aromatic carbocycles. The molecule has 3 rings (SSSR count). The summed E-state index contributed by atoms with van der Waals surface area (Å²) in [6, 6.07) is 11.9. The molecule has 1 saturated heterocycles. The summed E-state index contributed by atoms with van der Waals surface area (Å²) < 4.78 is 5.48. The molecule has 0 atom stereocenters. The van der Waals surface area contributed by atoms with Gasteiger partial charge in [0.05, 0.1) is 24.7 Å². The van der Waals surface area contributed by atoms with E-state index >= 15 is 0 Å². The van der Waals surface area contributed by atoms with E-state index < -0.39 is 0 Å². The number of para-hydroxylation sites is 2. The number of likely N-dealkylation sites (N-methyl/N-ethyl adjacent to an activating group) is 1. The van der Waals surface area contributed by atoms with E-state index in [0.29, 0.717) is 12.2 Å². The highest BCUT2D eigenvalue weighted by atomic mass is 16.5. The smallest absolute Gasteiger partial charge is 0.269 e. The van der Waals surface area contributed by atoms with Crippen molar-refractivity contribution < 1.29 is 9.53 Å². The van der Waals surface area contributed by atoms with Crippen molar-refractivity contribution in [2.24, 2.45) is 0 Å². The maximum Gasteiger partial charge on any atom is 0.269 e. The van der Waals surface area contributed by atoms with Gasteiger partial charge >= 0.3 is 0 Å². The molecule has 1 N–H and O–H groups in total. The highest BCUT2D eigenvalue weighted by molar-refractivity contribution is 5.92. The number of hydrogen-bond donors (Lipinski definition) is 1. The Bertz CT molecular complexity index is 771. The minimum Gasteiger partial charge on any atom is -0.495 e. The van der Waals surface area contributed by atoms with Crippen LogP contribution in [0, 0.1) is 0 Å². The molecule has 0 saturated carbocycles. The van der Waals surface area contributed by atoms with Crippen LogP contribution in [-0.4, -0.2) is 76.3 Å². The zero-order chi connectivity index (χ0) is 19.9. The molecule has 7 nitrogen and oxygen atoms in total. The average Bonchev–Trinajstić information content (AvgIpc) is 2.73. The first kappa shape index (κ1) is 19.9. The van der Waals surface area contributed by atoms with Gasteiger partial charge in [-0.3, -0.25) is 4.79 Å². The number of ether oxygens (including phenoxy) is 1. The first-order valence-electron chi connectivity index (χ1n) is 9.60. The number of nitrogens with zero attached hydrogens (tertiary/aromatic N) is 4. The van der Waals surface area contributed by atoms with Crippen LogP contribution in [0.1, 0.15) is 10.5 Å². The normalized spacial score (nSPS) is 14.3. The lowest BCUT2D eigenvalue weighted by molar-refractivity contribution is 0.0946. The standard InChI is InChI=1S/C21H29N5O2/c1-24(2)11-10-22-21(27)18-9-8-17(16-23-18)25-12-14-26(15-13-25)19-6-4-5-7-20(19)28-3/h4-9,16H,10-15H2,1-3H3,(H,22,27). The third-order valence-corrected chi connectivity index (χ3v) is 4.90. The highest BCUT2D eigenvalue weighted by Crippen LogP contribution is 2.29. The lowest BCUT2D eigenvalue weighted by Gasteiger charge is -2.37. The molecule has 0 aliphatic carbocycles. The van der Waals surface area contributed by atoms with Crippen LogP contribution in [0.15, 0.2) is 42.6 Å². The van der Waals surface area contributed by atoms with E-state index in [9.17, 15) is 4.79 Å². The van der Waals surface area contributed by atoms with Gasteiger partial charge in [-0.15, -0.1) is 0 Å². The summed E-state index contributed by atoms with van der Waals surface area (Å²) >= 11 is 0. The third kappa shape index (κ3) is 4.92. The molecule has 150 valence electrons. The number of carbonyl (C=O) groups excluding carboxylic acids is 1. The van der Waals surface area contributed by atoms with Gasteiger partial charge in [0.1, 0.15) is 11.4 Å². The van der Waals surface area contributed by atoms with E-state index in [0.717, 1.165) is 49.8 Å². The van der Waals surface area contributed by atoms with Crippen molar-refractivity contribution in [2.45, 2.75) is 0 Å². The number of pyridine rings is 1. The molecule has 7 heteroatoms. The van der Waals surface area contributed by atoms with Crippen LogP contribution < -0.4 is 19.9 Å². The number of aromatic nitrogens is 1. The molecule has 0 radical (unpaired) electrons. The van der Waals surface area contributed by atoms with Gasteiger partial charge in [-0.1, -0.05) is 12.1 Å². The molecular weight excluding hydrogens is 354 g/mol. The summed E-state index contributed by atoms with van der Waals surface area (Å²) in [6.45, 7) is 5.03. The van der Waals surface area contributed by atoms with Crippen LogP contribution in [0.5, 0.6) is 5.75 Å². The van der Waals surface area contributed by atoms with Crippen LogP contribution >= 0.6 is 0 Å². The Kier molecular flexibility index (Phi) is 6.71. The lowest BCUT2D eigenvalue weighted by Crippen LogP contribution is -2.46. The van der Waals surface area contributed by atoms with Crippen LogP contribution in [0.3, 0.4) is 0 Å². The van der Waals surface area contributed by atoms with Crippen molar-refractivity contribution in [3.63, 3.8) is 0 Å². The number of rotatable bonds is 7. The largest absolute Gasteiger partial charge is 0.495 e. The van der Waals surface area contributed by atoms with Gasteiger partial charge in [0, 0.05) is 39.3 Å². The van der Waals surface area contributed by atoms with Gasteiger partial charge in [-0.25, -0.2) is 4.98 Å². The second kappa shape index (κ2) is 9.41. The first-order chi connectivity index (χ1) is 13.6. The quantitative estimate of drug-likeness (QED) is 0.786. The Morgan fingerprint density at radius 2 is 1.82 bits per heavy atom. The number of piperazine rings is 1. The van der Waals surface area contributed by atoms with E-state index in [1.807, 2.05) is 43.3 Å². The number of nitrogens with one attached hydrogen (secondary N) is 1. The Morgan fingerprint density at radius 3 is 2.46 bits per heavy atom. The SMILES string of the molecule is COc1ccccc1N1CCN(c2ccc(C(=O)NCCN(C)C)nc2)CC1. The van der Waals surface area contributed by atoms with Crippen molar-refractivity contribution >= 4 is 17.3 Å². The number of benzene rings is 1. The van der Waals surface area contributed by atoms with E-state index in [1.165, 1.54) is 0 Å². The van der Waals surface area contributed by atoms with E-state index in [2.05, 4.69) is 26.2 Å². The summed E-state index contributed by atoms with van der Waals surface area (Å²) in [6.07, 6.45) is 1.79. The Labute approximate surface area is 166 Å². The van der Waals surface area contributed by atoms with Crippen molar-refractivity contribution in [2.75, 3.05) is 70.3 Å². The second-order valence-electron chi connectivity index (χ2n) is 7.11. The lowest BCUT2D eigenvalue weighted by atomic mass is 10.2. The van der Waals surface area contributed by atoms with Crippen molar-refractivity contribution in [1.29, 1.82) is 0 Å². The molecule has 1 fully saturated rings. The molecule has 1 aromatic heterocycles. The third-order valence-electron chi connectivity index (χ3n) is 4.90. The fourth-order valence-corrected chi connectivity index (χ4v) is 3.29. The van der Waals surface area contributed by atoms with E-state index in [1.54, 1.807) is 19.4 Å². The number of carbonyl (C=O) groups is 1. The number of amides is 1. The molecule has 1 aliphatic heterocycles. The zero-order valence-corrected chi connectivity index (χ0v) is 16.9. The Morgan fingerprint density at radius 1 is 1.11 bits per heavy atom. The Balaban J connectivity index is 1.55. The summed E-state index contributed by atoms with van der Waals surface area (Å²) in [5.74, 6) is 0.775. The Hall–Kier alpha value is -2.80. The van der Waals surface area contributed by atoms with Crippen molar-refractivity contribution in [1.82, 2.24) is 15.2 Å². The molecule has 0 unspecified atom stereocenters. The summed E-state index contributed by atoms with van der Waals surface area (Å²) in [5.41, 5.74) is 2.63. The van der Waals surface area contributed by atoms with Crippen molar-refractivity contribution in [3.05, 3.63) is 48.3 Å². The van der Waals surface area contributed by atoms with Gasteiger partial charge in [0.2, 0.25) is 0 Å². The monoisotopic (exact) mass is 383 g/mol. The summed E-state index contributed by atoms with van der Waals surface area (Å²) in [5, 5.41) is 2.89. The molecule has 1 amide bonds. The van der Waals surface area contributed by atoms with Gasteiger partial charge in [-0.2, -0.15) is 0 Å². The molecule has 2 heterocycles. The predicted molar refractivity (Wildman–Crippen MR) is 113 cm³/mol. The summed E-state index contributed by atoms with van der Waals surface area (Å²) in [7, 11) is 5.67. The fourth-order valence-electron chi connectivity index (χ4n) is 3.29. The van der Waals surface area contributed by atoms with E-state index in [4.69, 9.17) is 4.74 Å². The minimum atomic E-state index is -0.130. The van der Waals surface area contributed by atoms with Crippen LogP contribution in [0.2, 0.25) is 0 Å². The molecule has 0 spiro atoms. The topological polar surface area (TPSA) is 60.9 Å². The second-order valence-corrected chi connectivity index (χ2v) is 7.11. The van der Waals surface area contributed by atoms with E-state index in [-0.39, 0.29) is 5.91 Å². The van der Waals surface area contributed by atoms with Crippen molar-refractivity contribution in [3.8, 4) is 5.75 Å². The van der Waals surface area contributed by atoms with Crippen LogP contribution in [0.25, 0.3) is 0 Å². The summed E-state index contributed by atoms with van der Waals surface area (Å²) in [4.78, 5) is 23.2. The number of hydrogen-bond acceptors (Lipinski definition) is 6. The predicted octanol–water partition coefficient (Wildman–Crippen LogP) is 1.71.